The summed E-state index contributed by atoms with van der Waals surface area (Å²) in [5.74, 6) is 0.267. The second-order valence-electron chi connectivity index (χ2n) is 5.75. The van der Waals surface area contributed by atoms with Gasteiger partial charge in [0, 0.05) is 29.6 Å². The van der Waals surface area contributed by atoms with E-state index in [1.54, 1.807) is 0 Å². The first-order valence-corrected chi connectivity index (χ1v) is 6.91. The molecule has 3 saturated heterocycles. The van der Waals surface area contributed by atoms with Crippen molar-refractivity contribution < 1.29 is 5.11 Å². The lowest BCUT2D eigenvalue weighted by Crippen LogP contribution is -2.53. The number of hydrogen-bond acceptors (Lipinski definition) is 2. The molecule has 0 saturated carbocycles. The minimum atomic E-state index is -0.325. The zero-order valence-electron chi connectivity index (χ0n) is 10.8. The zero-order chi connectivity index (χ0) is 13.0. The van der Waals surface area contributed by atoms with Gasteiger partial charge < -0.3 is 10.1 Å². The summed E-state index contributed by atoms with van der Waals surface area (Å²) < 4.78 is 0. The summed E-state index contributed by atoms with van der Waals surface area (Å²) in [4.78, 5) is 5.68. The lowest BCUT2D eigenvalue weighted by molar-refractivity contribution is -0.0442. The van der Waals surface area contributed by atoms with Crippen LogP contribution in [0.4, 0.5) is 0 Å². The highest BCUT2D eigenvalue weighted by Crippen LogP contribution is 2.44. The monoisotopic (exact) mass is 254 g/mol. The Morgan fingerprint density at radius 1 is 1.32 bits per heavy atom. The lowest BCUT2D eigenvalue weighted by atomic mass is 9.76. The molecule has 3 aliphatic heterocycles. The van der Waals surface area contributed by atoms with E-state index >= 15 is 0 Å². The van der Waals surface area contributed by atoms with Gasteiger partial charge in [0.1, 0.15) is 0 Å². The van der Waals surface area contributed by atoms with Gasteiger partial charge in [0.05, 0.1) is 12.1 Å². The molecule has 5 rings (SSSR count). The van der Waals surface area contributed by atoms with Gasteiger partial charge in [-0.15, -0.1) is 0 Å². The molecule has 3 nitrogen and oxygen atoms in total. The number of aromatic nitrogens is 1. The topological polar surface area (TPSA) is 39.3 Å². The third kappa shape index (κ3) is 1.52. The summed E-state index contributed by atoms with van der Waals surface area (Å²) in [6.07, 6.45) is 2.77. The molecule has 0 amide bonds. The highest BCUT2D eigenvalue weighted by atomic mass is 16.3. The van der Waals surface area contributed by atoms with E-state index in [0.29, 0.717) is 0 Å². The van der Waals surface area contributed by atoms with E-state index in [9.17, 15) is 5.11 Å². The summed E-state index contributed by atoms with van der Waals surface area (Å²) in [6, 6.07) is 8.42. The Morgan fingerprint density at radius 3 is 2.95 bits per heavy atom. The molecule has 3 fully saturated rings. The van der Waals surface area contributed by atoms with Crippen LogP contribution >= 0.6 is 0 Å². The van der Waals surface area contributed by atoms with Gasteiger partial charge in [0.25, 0.3) is 0 Å². The van der Waals surface area contributed by atoms with Gasteiger partial charge in [0.15, 0.2) is 0 Å². The van der Waals surface area contributed by atoms with Crippen molar-refractivity contribution in [2.45, 2.75) is 18.6 Å². The van der Waals surface area contributed by atoms with Gasteiger partial charge in [-0.1, -0.05) is 30.4 Å². The van der Waals surface area contributed by atoms with E-state index in [-0.39, 0.29) is 18.1 Å². The van der Waals surface area contributed by atoms with Gasteiger partial charge in [-0.05, 0) is 24.6 Å². The molecule has 3 aliphatic rings. The number of aromatic amines is 1. The van der Waals surface area contributed by atoms with Crippen LogP contribution in [0.15, 0.2) is 42.6 Å². The summed E-state index contributed by atoms with van der Waals surface area (Å²) >= 11 is 0. The molecule has 4 unspecified atom stereocenters. The van der Waals surface area contributed by atoms with E-state index < -0.39 is 0 Å². The van der Waals surface area contributed by atoms with Crippen LogP contribution < -0.4 is 0 Å². The fourth-order valence-corrected chi connectivity index (χ4v) is 3.77. The molecule has 2 N–H and O–H groups in total. The highest BCUT2D eigenvalue weighted by molar-refractivity contribution is 5.83. The van der Waals surface area contributed by atoms with Gasteiger partial charge in [-0.3, -0.25) is 4.90 Å². The van der Waals surface area contributed by atoms with E-state index in [1.807, 2.05) is 6.07 Å². The Hall–Kier alpha value is -1.58. The van der Waals surface area contributed by atoms with E-state index in [4.69, 9.17) is 0 Å². The predicted molar refractivity (Wildman–Crippen MR) is 75.9 cm³/mol. The summed E-state index contributed by atoms with van der Waals surface area (Å²) in [5, 5.41) is 11.9. The number of nitrogens with one attached hydrogen (secondary N) is 1. The Labute approximate surface area is 112 Å². The average molecular weight is 254 g/mol. The minimum absolute atomic E-state index is 0.111. The first-order valence-electron chi connectivity index (χ1n) is 6.91. The SMILES string of the molecule is C=C1CN2CCC1C(O)C2c1c[nH]c2ccccc12. The average Bonchev–Trinajstić information content (AvgIpc) is 2.83. The van der Waals surface area contributed by atoms with Crippen molar-refractivity contribution in [1.29, 1.82) is 0 Å². The van der Waals surface area contributed by atoms with Gasteiger partial charge >= 0.3 is 0 Å². The largest absolute Gasteiger partial charge is 0.391 e. The number of H-pyrrole nitrogens is 1. The van der Waals surface area contributed by atoms with Gasteiger partial charge in [0.2, 0.25) is 0 Å². The van der Waals surface area contributed by atoms with Crippen molar-refractivity contribution in [3.05, 3.63) is 48.2 Å². The number of fused-ring (bicyclic) bond motifs is 4. The van der Waals surface area contributed by atoms with Crippen molar-refractivity contribution in [3.63, 3.8) is 0 Å². The van der Waals surface area contributed by atoms with Crippen LogP contribution in [-0.2, 0) is 0 Å². The molecular weight excluding hydrogens is 236 g/mol. The third-order valence-corrected chi connectivity index (χ3v) is 4.73. The molecule has 2 aromatic rings. The maximum atomic E-state index is 10.6. The number of piperidine rings is 3. The molecule has 4 atom stereocenters. The first kappa shape index (κ1) is 11.3. The molecule has 3 heteroatoms. The van der Waals surface area contributed by atoms with Crippen LogP contribution in [0.3, 0.4) is 0 Å². The van der Waals surface area contributed by atoms with E-state index in [1.165, 1.54) is 16.5 Å². The Morgan fingerprint density at radius 2 is 2.16 bits per heavy atom. The van der Waals surface area contributed by atoms with E-state index in [0.717, 1.165) is 25.0 Å². The normalized spacial score (nSPS) is 34.1. The van der Waals surface area contributed by atoms with Crippen LogP contribution in [0.1, 0.15) is 18.0 Å². The molecule has 98 valence electrons. The van der Waals surface area contributed by atoms with Crippen molar-refractivity contribution in [3.8, 4) is 0 Å². The minimum Gasteiger partial charge on any atom is -0.391 e. The molecule has 1 aromatic carbocycles. The number of hydrogen-bond donors (Lipinski definition) is 2. The van der Waals surface area contributed by atoms with Crippen LogP contribution in [0.25, 0.3) is 10.9 Å². The number of rotatable bonds is 1. The van der Waals surface area contributed by atoms with E-state index in [2.05, 4.69) is 40.9 Å². The molecule has 0 radical (unpaired) electrons. The fraction of sp³-hybridized carbons (Fsp3) is 0.375. The molecule has 1 aromatic heterocycles. The molecule has 0 aliphatic carbocycles. The van der Waals surface area contributed by atoms with Gasteiger partial charge in [-0.2, -0.15) is 0 Å². The third-order valence-electron chi connectivity index (χ3n) is 4.73. The Bertz CT molecular complexity index is 643. The predicted octanol–water partition coefficient (Wildman–Crippen LogP) is 2.46. The second-order valence-corrected chi connectivity index (χ2v) is 5.75. The molecule has 4 heterocycles. The lowest BCUT2D eigenvalue weighted by Gasteiger charge is -2.50. The zero-order valence-corrected chi connectivity index (χ0v) is 10.8. The fourth-order valence-electron chi connectivity index (χ4n) is 3.77. The van der Waals surface area contributed by atoms with Crippen LogP contribution in [0, 0.1) is 5.92 Å². The quantitative estimate of drug-likeness (QED) is 0.767. The molecule has 2 bridgehead atoms. The molecule has 0 spiro atoms. The highest BCUT2D eigenvalue weighted by Gasteiger charge is 2.44. The number of aliphatic hydroxyl groups excluding tert-OH is 1. The maximum Gasteiger partial charge on any atom is 0.0803 e. The standard InChI is InChI=1S/C16H18N2O/c1-10-9-18-7-6-11(10)16(19)15(18)13-8-17-14-5-3-2-4-12(13)14/h2-5,8,11,15-17,19H,1,6-7,9H2. The van der Waals surface area contributed by atoms with Crippen molar-refractivity contribution in [1.82, 2.24) is 9.88 Å². The Balaban J connectivity index is 1.82. The van der Waals surface area contributed by atoms with Crippen molar-refractivity contribution in [2.75, 3.05) is 13.1 Å². The van der Waals surface area contributed by atoms with Crippen LogP contribution in [0.2, 0.25) is 0 Å². The van der Waals surface area contributed by atoms with Crippen LogP contribution in [0.5, 0.6) is 0 Å². The van der Waals surface area contributed by atoms with Crippen molar-refractivity contribution in [2.24, 2.45) is 5.92 Å². The smallest absolute Gasteiger partial charge is 0.0803 e. The molecular formula is C16H18N2O. The van der Waals surface area contributed by atoms with Gasteiger partial charge in [-0.25, -0.2) is 0 Å². The van der Waals surface area contributed by atoms with Crippen LogP contribution in [-0.4, -0.2) is 34.2 Å². The number of aliphatic hydroxyl groups is 1. The Kier molecular flexibility index (Phi) is 2.34. The number of para-hydroxylation sites is 1. The summed E-state index contributed by atoms with van der Waals surface area (Å²) in [7, 11) is 0. The second kappa shape index (κ2) is 3.95. The maximum absolute atomic E-state index is 10.6. The number of benzene rings is 1. The first-order chi connectivity index (χ1) is 9.25. The number of nitrogens with zero attached hydrogens (tertiary/aromatic N) is 1. The molecule has 19 heavy (non-hydrogen) atoms. The summed E-state index contributed by atoms with van der Waals surface area (Å²) in [5.41, 5.74) is 3.56. The van der Waals surface area contributed by atoms with Crippen molar-refractivity contribution >= 4 is 10.9 Å². The summed E-state index contributed by atoms with van der Waals surface area (Å²) in [6.45, 7) is 6.10.